The fraction of sp³-hybridized carbons (Fsp3) is 0.810. The fourth-order valence-electron chi connectivity index (χ4n) is 7.12. The summed E-state index contributed by atoms with van der Waals surface area (Å²) in [5, 5.41) is 31.0. The van der Waals surface area contributed by atoms with Crippen molar-refractivity contribution in [3.8, 4) is 0 Å². The molecule has 0 aromatic rings. The van der Waals surface area contributed by atoms with Crippen molar-refractivity contribution in [1.29, 1.82) is 0 Å². The summed E-state index contributed by atoms with van der Waals surface area (Å²) in [6.45, 7) is 3.58. The van der Waals surface area contributed by atoms with E-state index in [1.54, 1.807) is 6.08 Å². The second kappa shape index (κ2) is 5.73. The van der Waals surface area contributed by atoms with Crippen molar-refractivity contribution in [3.05, 3.63) is 11.6 Å². The standard InChI is InChI=1S/C21H30O5/c1-19-7-5-13(23)9-12(19)3-4-14-15-6-8-21(26,17(25)11-22)20(15,2)10-16(24)18(14)19/h9,14-15,17-18,22,25-26H,3-8,10-11H2,1-2H3. The Morgan fingerprint density at radius 3 is 2.62 bits per heavy atom. The molecule has 5 heteroatoms. The zero-order chi connectivity index (χ0) is 18.9. The molecule has 0 heterocycles. The van der Waals surface area contributed by atoms with Crippen molar-refractivity contribution in [2.45, 2.75) is 70.5 Å². The number of hydrogen-bond acceptors (Lipinski definition) is 5. The van der Waals surface area contributed by atoms with Gasteiger partial charge in [0.05, 0.1) is 12.2 Å². The molecule has 3 N–H and O–H groups in total. The highest BCUT2D eigenvalue weighted by Crippen LogP contribution is 2.66. The van der Waals surface area contributed by atoms with Crippen LogP contribution >= 0.6 is 0 Å². The van der Waals surface area contributed by atoms with Gasteiger partial charge in [-0.2, -0.15) is 0 Å². The minimum Gasteiger partial charge on any atom is -0.394 e. The molecule has 0 aromatic heterocycles. The third-order valence-corrected chi connectivity index (χ3v) is 8.59. The van der Waals surface area contributed by atoms with Crippen molar-refractivity contribution >= 4 is 11.6 Å². The van der Waals surface area contributed by atoms with Crippen molar-refractivity contribution < 1.29 is 24.9 Å². The van der Waals surface area contributed by atoms with Crippen molar-refractivity contribution in [2.75, 3.05) is 6.61 Å². The van der Waals surface area contributed by atoms with E-state index in [2.05, 4.69) is 6.92 Å². The number of allylic oxidation sites excluding steroid dienone is 1. The SMILES string of the molecule is CC12CCC(=O)C=C1CCC1C2C(=O)CC2(C)C1CCC2(O)C(O)CO. The summed E-state index contributed by atoms with van der Waals surface area (Å²) in [6.07, 6.45) is 4.93. The van der Waals surface area contributed by atoms with Gasteiger partial charge in [-0.3, -0.25) is 9.59 Å². The van der Waals surface area contributed by atoms with E-state index < -0.39 is 23.7 Å². The van der Waals surface area contributed by atoms with Crippen LogP contribution in [-0.4, -0.2) is 45.2 Å². The summed E-state index contributed by atoms with van der Waals surface area (Å²) >= 11 is 0. The largest absolute Gasteiger partial charge is 0.394 e. The third-order valence-electron chi connectivity index (χ3n) is 8.59. The highest BCUT2D eigenvalue weighted by Gasteiger charge is 2.68. The quantitative estimate of drug-likeness (QED) is 0.696. The zero-order valence-corrected chi connectivity index (χ0v) is 15.7. The van der Waals surface area contributed by atoms with Crippen LogP contribution in [0.25, 0.3) is 0 Å². The highest BCUT2D eigenvalue weighted by atomic mass is 16.4. The van der Waals surface area contributed by atoms with Gasteiger partial charge in [-0.25, -0.2) is 0 Å². The molecule has 0 radical (unpaired) electrons. The molecule has 144 valence electrons. The normalized spacial score (nSPS) is 49.1. The molecule has 4 aliphatic rings. The Hall–Kier alpha value is -1.04. The van der Waals surface area contributed by atoms with Crippen LogP contribution in [0.15, 0.2) is 11.6 Å². The summed E-state index contributed by atoms with van der Waals surface area (Å²) in [5.41, 5.74) is -1.22. The Bertz CT molecular complexity index is 684. The van der Waals surface area contributed by atoms with Crippen LogP contribution in [0, 0.1) is 28.6 Å². The van der Waals surface area contributed by atoms with Crippen LogP contribution in [-0.2, 0) is 9.59 Å². The predicted octanol–water partition coefficient (Wildman–Crippen LogP) is 1.78. The van der Waals surface area contributed by atoms with E-state index in [4.69, 9.17) is 0 Å². The lowest BCUT2D eigenvalue weighted by atomic mass is 9.45. The maximum atomic E-state index is 13.3. The Balaban J connectivity index is 1.74. The Morgan fingerprint density at radius 1 is 1.19 bits per heavy atom. The number of aliphatic hydroxyl groups is 3. The van der Waals surface area contributed by atoms with Gasteiger partial charge in [0.1, 0.15) is 11.9 Å². The van der Waals surface area contributed by atoms with Gasteiger partial charge >= 0.3 is 0 Å². The van der Waals surface area contributed by atoms with E-state index in [1.807, 2.05) is 6.92 Å². The van der Waals surface area contributed by atoms with Crippen LogP contribution in [0.5, 0.6) is 0 Å². The second-order valence-corrected chi connectivity index (χ2v) is 9.56. The van der Waals surface area contributed by atoms with E-state index in [-0.39, 0.29) is 41.2 Å². The van der Waals surface area contributed by atoms with Crippen LogP contribution in [0.1, 0.15) is 58.8 Å². The highest BCUT2D eigenvalue weighted by molar-refractivity contribution is 5.93. The molecule has 5 nitrogen and oxygen atoms in total. The first-order valence-corrected chi connectivity index (χ1v) is 9.95. The van der Waals surface area contributed by atoms with E-state index >= 15 is 0 Å². The van der Waals surface area contributed by atoms with Crippen LogP contribution in [0.2, 0.25) is 0 Å². The van der Waals surface area contributed by atoms with E-state index in [0.29, 0.717) is 12.8 Å². The van der Waals surface area contributed by atoms with Crippen molar-refractivity contribution in [2.24, 2.45) is 28.6 Å². The Morgan fingerprint density at radius 2 is 1.92 bits per heavy atom. The number of ketones is 2. The topological polar surface area (TPSA) is 94.8 Å². The number of aliphatic hydroxyl groups excluding tert-OH is 2. The van der Waals surface area contributed by atoms with Crippen molar-refractivity contribution in [1.82, 2.24) is 0 Å². The number of hydrogen-bond donors (Lipinski definition) is 3. The van der Waals surface area contributed by atoms with Gasteiger partial charge < -0.3 is 15.3 Å². The molecule has 4 aliphatic carbocycles. The monoisotopic (exact) mass is 362 g/mol. The lowest BCUT2D eigenvalue weighted by molar-refractivity contribution is -0.187. The summed E-state index contributed by atoms with van der Waals surface area (Å²) < 4.78 is 0. The maximum Gasteiger partial charge on any atom is 0.155 e. The molecule has 0 aromatic carbocycles. The Kier molecular flexibility index (Phi) is 4.04. The maximum absolute atomic E-state index is 13.3. The molecular formula is C21H30O5. The summed E-state index contributed by atoms with van der Waals surface area (Å²) in [5.74, 6) is 0.568. The van der Waals surface area contributed by atoms with Gasteiger partial charge in [-0.15, -0.1) is 0 Å². The first-order chi connectivity index (χ1) is 12.2. The van der Waals surface area contributed by atoms with Gasteiger partial charge in [0.15, 0.2) is 5.78 Å². The number of fused-ring (bicyclic) bond motifs is 5. The first-order valence-electron chi connectivity index (χ1n) is 9.95. The molecule has 0 amide bonds. The van der Waals surface area contributed by atoms with Gasteiger partial charge in [-0.1, -0.05) is 19.4 Å². The van der Waals surface area contributed by atoms with E-state index in [1.165, 1.54) is 0 Å². The van der Waals surface area contributed by atoms with E-state index in [0.717, 1.165) is 31.3 Å². The molecule has 7 unspecified atom stereocenters. The van der Waals surface area contributed by atoms with Gasteiger partial charge in [-0.05, 0) is 55.4 Å². The molecular weight excluding hydrogens is 332 g/mol. The molecule has 0 saturated heterocycles. The number of rotatable bonds is 2. The van der Waals surface area contributed by atoms with E-state index in [9.17, 15) is 24.9 Å². The summed E-state index contributed by atoms with van der Waals surface area (Å²) in [6, 6.07) is 0. The van der Waals surface area contributed by atoms with Gasteiger partial charge in [0.2, 0.25) is 0 Å². The minimum absolute atomic E-state index is 0.0951. The number of carbonyl (C=O) groups excluding carboxylic acids is 2. The lowest BCUT2D eigenvalue weighted by Gasteiger charge is -2.58. The van der Waals surface area contributed by atoms with Crippen LogP contribution < -0.4 is 0 Å². The lowest BCUT2D eigenvalue weighted by Crippen LogP contribution is -2.62. The fourth-order valence-corrected chi connectivity index (χ4v) is 7.12. The smallest absolute Gasteiger partial charge is 0.155 e. The molecule has 0 aliphatic heterocycles. The number of Topliss-reactive ketones (excluding diaryl/α,β-unsaturated/α-hetero) is 1. The third kappa shape index (κ3) is 2.14. The zero-order valence-electron chi connectivity index (χ0n) is 15.7. The first kappa shape index (κ1) is 18.3. The average molecular weight is 362 g/mol. The van der Waals surface area contributed by atoms with Crippen molar-refractivity contribution in [3.63, 3.8) is 0 Å². The van der Waals surface area contributed by atoms with Gasteiger partial charge in [0, 0.05) is 24.2 Å². The summed E-state index contributed by atoms with van der Waals surface area (Å²) in [4.78, 5) is 25.2. The molecule has 0 spiro atoms. The summed E-state index contributed by atoms with van der Waals surface area (Å²) in [7, 11) is 0. The van der Waals surface area contributed by atoms with Crippen LogP contribution in [0.3, 0.4) is 0 Å². The average Bonchev–Trinajstić information content (AvgIpc) is 2.86. The predicted molar refractivity (Wildman–Crippen MR) is 95.1 cm³/mol. The van der Waals surface area contributed by atoms with Crippen LogP contribution in [0.4, 0.5) is 0 Å². The molecule has 26 heavy (non-hydrogen) atoms. The van der Waals surface area contributed by atoms with Gasteiger partial charge in [0.25, 0.3) is 0 Å². The minimum atomic E-state index is -1.41. The Labute approximate surface area is 154 Å². The molecule has 7 atom stereocenters. The molecule has 3 fully saturated rings. The second-order valence-electron chi connectivity index (χ2n) is 9.56. The molecule has 3 saturated carbocycles. The molecule has 4 rings (SSSR count). The molecule has 0 bridgehead atoms. The number of carbonyl (C=O) groups is 2.